The third kappa shape index (κ3) is 2.81. The second kappa shape index (κ2) is 5.55. The highest BCUT2D eigenvalue weighted by atomic mass is 35.5. The number of methoxy groups -OCH3 is 1. The van der Waals surface area contributed by atoms with Crippen molar-refractivity contribution in [2.45, 2.75) is 6.54 Å². The number of ether oxygens (including phenoxy) is 1. The second-order valence-corrected chi connectivity index (χ2v) is 4.14. The van der Waals surface area contributed by atoms with Gasteiger partial charge in [-0.1, -0.05) is 11.6 Å². The Hall–Kier alpha value is -2.01. The van der Waals surface area contributed by atoms with Crippen LogP contribution in [0.15, 0.2) is 35.7 Å². The van der Waals surface area contributed by atoms with Crippen molar-refractivity contribution < 1.29 is 4.74 Å². The monoisotopic (exact) mass is 264 g/mol. The minimum Gasteiger partial charge on any atom is -0.496 e. The molecule has 5 nitrogen and oxygen atoms in total. The topological polar surface area (TPSA) is 65.4 Å². The summed E-state index contributed by atoms with van der Waals surface area (Å²) in [6.07, 6.45) is 4.93. The molecule has 0 aliphatic carbocycles. The lowest BCUT2D eigenvalue weighted by atomic mass is 10.1. The molecule has 0 fully saturated rings. The van der Waals surface area contributed by atoms with Crippen LogP contribution < -0.4 is 10.6 Å². The lowest BCUT2D eigenvalue weighted by Crippen LogP contribution is -2.03. The number of benzene rings is 1. The summed E-state index contributed by atoms with van der Waals surface area (Å²) in [6.45, 7) is 0.572. The van der Waals surface area contributed by atoms with E-state index in [0.29, 0.717) is 11.6 Å². The van der Waals surface area contributed by atoms with Gasteiger partial charge in [0.15, 0.2) is 0 Å². The van der Waals surface area contributed by atoms with Crippen molar-refractivity contribution in [3.8, 4) is 5.75 Å². The molecule has 1 aromatic heterocycles. The Balaban J connectivity index is 2.31. The number of hydrogen-bond donors (Lipinski definition) is 1. The fourth-order valence-corrected chi connectivity index (χ4v) is 1.84. The van der Waals surface area contributed by atoms with E-state index in [0.717, 1.165) is 16.9 Å². The molecule has 0 radical (unpaired) electrons. The summed E-state index contributed by atoms with van der Waals surface area (Å²) in [6, 6.07) is 5.71. The largest absolute Gasteiger partial charge is 0.496 e. The minimum atomic E-state index is 0.572. The molecule has 0 spiro atoms. The van der Waals surface area contributed by atoms with Crippen LogP contribution in [0.1, 0.15) is 11.1 Å². The second-order valence-electron chi connectivity index (χ2n) is 3.71. The van der Waals surface area contributed by atoms with Gasteiger partial charge in [0.2, 0.25) is 0 Å². The number of hydrogen-bond acceptors (Lipinski definition) is 4. The summed E-state index contributed by atoms with van der Waals surface area (Å²) in [5.41, 5.74) is 1.89. The summed E-state index contributed by atoms with van der Waals surface area (Å²) < 4.78 is 7.05. The van der Waals surface area contributed by atoms with Gasteiger partial charge in [-0.2, -0.15) is 10.2 Å². The van der Waals surface area contributed by atoms with Gasteiger partial charge in [-0.3, -0.25) is 4.68 Å². The van der Waals surface area contributed by atoms with Gasteiger partial charge in [0.1, 0.15) is 5.75 Å². The standard InChI is InChI=1S/C12H13ClN4O/c1-18-12-3-2-9(5-15-14)4-10(12)7-17-8-11(13)6-16-17/h2-6,8H,7,14H2,1H3. The van der Waals surface area contributed by atoms with Gasteiger partial charge in [-0.05, 0) is 23.8 Å². The summed E-state index contributed by atoms with van der Waals surface area (Å²) in [5, 5.41) is 8.24. The minimum absolute atomic E-state index is 0.572. The number of halogens is 1. The van der Waals surface area contributed by atoms with Crippen molar-refractivity contribution >= 4 is 17.8 Å². The Bertz CT molecular complexity index is 565. The quantitative estimate of drug-likeness (QED) is 0.521. The van der Waals surface area contributed by atoms with Crippen LogP contribution in [-0.4, -0.2) is 23.1 Å². The van der Waals surface area contributed by atoms with Gasteiger partial charge in [-0.25, -0.2) is 0 Å². The van der Waals surface area contributed by atoms with Crippen molar-refractivity contribution in [1.82, 2.24) is 9.78 Å². The summed E-state index contributed by atoms with van der Waals surface area (Å²) in [4.78, 5) is 0. The molecule has 0 atom stereocenters. The molecule has 18 heavy (non-hydrogen) atoms. The lowest BCUT2D eigenvalue weighted by molar-refractivity contribution is 0.407. The fraction of sp³-hybridized carbons (Fsp3) is 0.167. The van der Waals surface area contributed by atoms with Gasteiger partial charge in [0.25, 0.3) is 0 Å². The first-order chi connectivity index (χ1) is 8.72. The molecule has 0 bridgehead atoms. The maximum Gasteiger partial charge on any atom is 0.123 e. The van der Waals surface area contributed by atoms with Crippen LogP contribution in [0.4, 0.5) is 0 Å². The fourth-order valence-electron chi connectivity index (χ4n) is 1.69. The maximum absolute atomic E-state index is 5.83. The summed E-state index contributed by atoms with van der Waals surface area (Å²) in [5.74, 6) is 5.93. The average Bonchev–Trinajstić information content (AvgIpc) is 2.76. The molecule has 2 aromatic rings. The average molecular weight is 265 g/mol. The first-order valence-electron chi connectivity index (χ1n) is 5.31. The van der Waals surface area contributed by atoms with E-state index < -0.39 is 0 Å². The molecule has 0 amide bonds. The molecule has 2 N–H and O–H groups in total. The Kier molecular flexibility index (Phi) is 3.84. The lowest BCUT2D eigenvalue weighted by Gasteiger charge is -2.09. The van der Waals surface area contributed by atoms with Crippen LogP contribution in [0, 0.1) is 0 Å². The molecule has 0 saturated heterocycles. The number of hydrazone groups is 1. The van der Waals surface area contributed by atoms with E-state index in [4.69, 9.17) is 22.2 Å². The van der Waals surface area contributed by atoms with Crippen molar-refractivity contribution in [3.63, 3.8) is 0 Å². The molecular formula is C12H13ClN4O. The van der Waals surface area contributed by atoms with Crippen LogP contribution >= 0.6 is 11.6 Å². The molecule has 0 unspecified atom stereocenters. The van der Waals surface area contributed by atoms with Crippen LogP contribution in [-0.2, 0) is 6.54 Å². The molecule has 0 aliphatic rings. The van der Waals surface area contributed by atoms with Crippen molar-refractivity contribution in [2.75, 3.05) is 7.11 Å². The maximum atomic E-state index is 5.83. The first-order valence-corrected chi connectivity index (χ1v) is 5.69. The molecule has 0 aliphatic heterocycles. The Morgan fingerprint density at radius 3 is 3.00 bits per heavy atom. The third-order valence-corrected chi connectivity index (χ3v) is 2.66. The van der Waals surface area contributed by atoms with E-state index in [1.54, 1.807) is 30.4 Å². The highest BCUT2D eigenvalue weighted by molar-refractivity contribution is 6.30. The molecule has 1 aromatic carbocycles. The number of rotatable bonds is 4. The predicted octanol–water partition coefficient (Wildman–Crippen LogP) is 1.89. The summed E-state index contributed by atoms with van der Waals surface area (Å²) in [7, 11) is 1.63. The zero-order chi connectivity index (χ0) is 13.0. The normalized spacial score (nSPS) is 11.0. The number of nitrogens with two attached hydrogens (primary N) is 1. The molecule has 1 heterocycles. The van der Waals surface area contributed by atoms with Crippen LogP contribution in [0.3, 0.4) is 0 Å². The molecule has 2 rings (SSSR count). The zero-order valence-corrected chi connectivity index (χ0v) is 10.6. The predicted molar refractivity (Wildman–Crippen MR) is 71.1 cm³/mol. The van der Waals surface area contributed by atoms with Crippen LogP contribution in [0.5, 0.6) is 5.75 Å². The highest BCUT2D eigenvalue weighted by Crippen LogP contribution is 2.20. The molecule has 0 saturated carbocycles. The SMILES string of the molecule is COc1ccc(C=NN)cc1Cn1cc(Cl)cn1. The first kappa shape index (κ1) is 12.4. The van der Waals surface area contributed by atoms with Gasteiger partial charge in [0, 0.05) is 11.8 Å². The van der Waals surface area contributed by atoms with Gasteiger partial charge in [-0.15, -0.1) is 0 Å². The van der Waals surface area contributed by atoms with Crippen molar-refractivity contribution in [3.05, 3.63) is 46.7 Å². The number of aromatic nitrogens is 2. The molecule has 6 heteroatoms. The van der Waals surface area contributed by atoms with E-state index in [1.807, 2.05) is 18.2 Å². The molecule has 94 valence electrons. The van der Waals surface area contributed by atoms with Crippen molar-refractivity contribution in [2.24, 2.45) is 10.9 Å². The van der Waals surface area contributed by atoms with Gasteiger partial charge < -0.3 is 10.6 Å². The Morgan fingerprint density at radius 2 is 2.39 bits per heavy atom. The van der Waals surface area contributed by atoms with Crippen molar-refractivity contribution in [1.29, 1.82) is 0 Å². The van der Waals surface area contributed by atoms with E-state index >= 15 is 0 Å². The van der Waals surface area contributed by atoms with E-state index in [1.165, 1.54) is 0 Å². The van der Waals surface area contributed by atoms with Gasteiger partial charge >= 0.3 is 0 Å². The Labute approximate surface area is 110 Å². The van der Waals surface area contributed by atoms with E-state index in [-0.39, 0.29) is 0 Å². The molecular weight excluding hydrogens is 252 g/mol. The van der Waals surface area contributed by atoms with Crippen LogP contribution in [0.2, 0.25) is 5.02 Å². The zero-order valence-electron chi connectivity index (χ0n) is 9.88. The third-order valence-electron chi connectivity index (χ3n) is 2.46. The summed E-state index contributed by atoms with van der Waals surface area (Å²) >= 11 is 5.83. The number of nitrogens with zero attached hydrogens (tertiary/aromatic N) is 3. The van der Waals surface area contributed by atoms with Gasteiger partial charge in [0.05, 0.1) is 31.1 Å². The van der Waals surface area contributed by atoms with Crippen LogP contribution in [0.25, 0.3) is 0 Å². The highest BCUT2D eigenvalue weighted by Gasteiger charge is 2.06. The smallest absolute Gasteiger partial charge is 0.123 e. The Morgan fingerprint density at radius 1 is 1.56 bits per heavy atom. The van der Waals surface area contributed by atoms with E-state index in [9.17, 15) is 0 Å². The van der Waals surface area contributed by atoms with E-state index in [2.05, 4.69) is 10.2 Å².